The lowest BCUT2D eigenvalue weighted by Crippen LogP contribution is -2.48. The number of ether oxygens (including phenoxy) is 1. The fraction of sp³-hybridized carbons (Fsp3) is 0.938. The first kappa shape index (κ1) is 16.7. The fourth-order valence-electron chi connectivity index (χ4n) is 3.61. The van der Waals surface area contributed by atoms with Crippen LogP contribution in [0.4, 0.5) is 0 Å². The number of likely N-dealkylation sites (N-methyl/N-ethyl adjacent to an activating group) is 1. The first-order valence-electron chi connectivity index (χ1n) is 8.38. The van der Waals surface area contributed by atoms with Gasteiger partial charge in [0, 0.05) is 26.2 Å². The lowest BCUT2D eigenvalue weighted by Gasteiger charge is -2.36. The number of rotatable bonds is 6. The number of hydrogen-bond acceptors (Lipinski definition) is 4. The highest BCUT2D eigenvalue weighted by Crippen LogP contribution is 2.24. The summed E-state index contributed by atoms with van der Waals surface area (Å²) < 4.78 is 5.80. The van der Waals surface area contributed by atoms with Crippen LogP contribution in [0.2, 0.25) is 0 Å². The summed E-state index contributed by atoms with van der Waals surface area (Å²) in [6.45, 7) is 4.73. The van der Waals surface area contributed by atoms with Gasteiger partial charge in [0.1, 0.15) is 0 Å². The van der Waals surface area contributed by atoms with Crippen molar-refractivity contribution in [3.8, 4) is 0 Å². The van der Waals surface area contributed by atoms with Crippen LogP contribution >= 0.6 is 0 Å². The molecule has 1 saturated carbocycles. The molecular weight excluding hydrogens is 268 g/mol. The van der Waals surface area contributed by atoms with Gasteiger partial charge in [-0.1, -0.05) is 25.7 Å². The van der Waals surface area contributed by atoms with Gasteiger partial charge in [0.15, 0.2) is 0 Å². The number of carboxylic acid groups (broad SMARTS) is 1. The molecule has 0 bridgehead atoms. The van der Waals surface area contributed by atoms with Crippen LogP contribution in [0.25, 0.3) is 0 Å². The standard InChI is InChI=1S/C16H30N2O3/c1-17(13-16(19)20)11-15-12-18(8-9-21-15)10-14-6-4-2-3-5-7-14/h14-15H,2-13H2,1H3,(H,19,20). The van der Waals surface area contributed by atoms with Gasteiger partial charge in [-0.25, -0.2) is 0 Å². The number of morpholine rings is 1. The lowest BCUT2D eigenvalue weighted by atomic mass is 9.99. The first-order valence-corrected chi connectivity index (χ1v) is 8.38. The van der Waals surface area contributed by atoms with E-state index < -0.39 is 5.97 Å². The van der Waals surface area contributed by atoms with Gasteiger partial charge in [-0.2, -0.15) is 0 Å². The predicted octanol–water partition coefficient (Wildman–Crippen LogP) is 1.67. The van der Waals surface area contributed by atoms with Gasteiger partial charge in [0.25, 0.3) is 0 Å². The molecular formula is C16H30N2O3. The van der Waals surface area contributed by atoms with Crippen LogP contribution in [-0.2, 0) is 9.53 Å². The summed E-state index contributed by atoms with van der Waals surface area (Å²) in [6.07, 6.45) is 8.49. The third-order valence-corrected chi connectivity index (χ3v) is 4.63. The van der Waals surface area contributed by atoms with Crippen LogP contribution in [0.5, 0.6) is 0 Å². The zero-order chi connectivity index (χ0) is 15.1. The molecule has 1 saturated heterocycles. The molecule has 1 aliphatic heterocycles. The molecule has 0 amide bonds. The van der Waals surface area contributed by atoms with Crippen molar-refractivity contribution in [2.45, 2.75) is 44.6 Å². The second-order valence-electron chi connectivity index (χ2n) is 6.70. The third-order valence-electron chi connectivity index (χ3n) is 4.63. The topological polar surface area (TPSA) is 53.0 Å². The Kier molecular flexibility index (Phi) is 6.93. The van der Waals surface area contributed by atoms with Gasteiger partial charge in [-0.05, 0) is 25.8 Å². The third kappa shape index (κ3) is 6.32. The molecule has 1 aliphatic carbocycles. The second kappa shape index (κ2) is 8.71. The van der Waals surface area contributed by atoms with Crippen LogP contribution in [0.1, 0.15) is 38.5 Å². The van der Waals surface area contributed by atoms with Crippen molar-refractivity contribution in [2.75, 3.05) is 46.4 Å². The molecule has 1 atom stereocenters. The van der Waals surface area contributed by atoms with E-state index in [1.165, 1.54) is 45.1 Å². The minimum atomic E-state index is -0.774. The Bertz CT molecular complexity index is 317. The minimum Gasteiger partial charge on any atom is -0.480 e. The maximum atomic E-state index is 10.7. The predicted molar refractivity (Wildman–Crippen MR) is 82.5 cm³/mol. The molecule has 5 heteroatoms. The zero-order valence-electron chi connectivity index (χ0n) is 13.3. The highest BCUT2D eigenvalue weighted by Gasteiger charge is 2.24. The van der Waals surface area contributed by atoms with Crippen molar-refractivity contribution in [1.82, 2.24) is 9.80 Å². The molecule has 1 N–H and O–H groups in total. The van der Waals surface area contributed by atoms with Crippen LogP contribution in [0.3, 0.4) is 0 Å². The van der Waals surface area contributed by atoms with Crippen molar-refractivity contribution in [2.24, 2.45) is 5.92 Å². The molecule has 122 valence electrons. The molecule has 21 heavy (non-hydrogen) atoms. The summed E-state index contributed by atoms with van der Waals surface area (Å²) in [5.74, 6) is 0.0756. The highest BCUT2D eigenvalue weighted by molar-refractivity contribution is 5.68. The van der Waals surface area contributed by atoms with E-state index >= 15 is 0 Å². The first-order chi connectivity index (χ1) is 10.1. The van der Waals surface area contributed by atoms with E-state index in [0.717, 1.165) is 25.6 Å². The normalized spacial score (nSPS) is 25.9. The number of aliphatic carboxylic acids is 1. The lowest BCUT2D eigenvalue weighted by molar-refractivity contribution is -0.138. The number of carbonyl (C=O) groups is 1. The quantitative estimate of drug-likeness (QED) is 0.756. The Labute approximate surface area is 128 Å². The summed E-state index contributed by atoms with van der Waals surface area (Å²) in [4.78, 5) is 15.1. The highest BCUT2D eigenvalue weighted by atomic mass is 16.5. The molecule has 0 radical (unpaired) electrons. The van der Waals surface area contributed by atoms with Crippen molar-refractivity contribution < 1.29 is 14.6 Å². The largest absolute Gasteiger partial charge is 0.480 e. The minimum absolute atomic E-state index is 0.0858. The van der Waals surface area contributed by atoms with Crippen molar-refractivity contribution in [1.29, 1.82) is 0 Å². The Morgan fingerprint density at radius 3 is 2.67 bits per heavy atom. The monoisotopic (exact) mass is 298 g/mol. The van der Waals surface area contributed by atoms with Crippen LogP contribution < -0.4 is 0 Å². The van der Waals surface area contributed by atoms with Crippen LogP contribution in [-0.4, -0.2) is 73.4 Å². The maximum Gasteiger partial charge on any atom is 0.317 e. The summed E-state index contributed by atoms with van der Waals surface area (Å²) >= 11 is 0. The summed E-state index contributed by atoms with van der Waals surface area (Å²) in [6, 6.07) is 0. The number of carboxylic acids is 1. The Balaban J connectivity index is 1.73. The Morgan fingerprint density at radius 2 is 2.00 bits per heavy atom. The molecule has 2 aliphatic rings. The summed E-state index contributed by atoms with van der Waals surface area (Å²) in [5.41, 5.74) is 0. The Hall–Kier alpha value is -0.650. The van der Waals surface area contributed by atoms with E-state index in [0.29, 0.717) is 6.54 Å². The second-order valence-corrected chi connectivity index (χ2v) is 6.70. The van der Waals surface area contributed by atoms with Gasteiger partial charge in [0.05, 0.1) is 19.3 Å². The molecule has 0 aromatic heterocycles. The smallest absolute Gasteiger partial charge is 0.317 e. The molecule has 1 heterocycles. The van der Waals surface area contributed by atoms with Gasteiger partial charge >= 0.3 is 5.97 Å². The van der Waals surface area contributed by atoms with E-state index in [1.54, 1.807) is 0 Å². The van der Waals surface area contributed by atoms with Gasteiger partial charge in [0.2, 0.25) is 0 Å². The van der Waals surface area contributed by atoms with E-state index in [-0.39, 0.29) is 12.6 Å². The van der Waals surface area contributed by atoms with Gasteiger partial charge in [-0.3, -0.25) is 14.6 Å². The fourth-order valence-corrected chi connectivity index (χ4v) is 3.61. The van der Waals surface area contributed by atoms with Gasteiger partial charge < -0.3 is 9.84 Å². The number of hydrogen-bond donors (Lipinski definition) is 1. The summed E-state index contributed by atoms with van der Waals surface area (Å²) in [5, 5.41) is 8.82. The molecule has 1 unspecified atom stereocenters. The van der Waals surface area contributed by atoms with Crippen molar-refractivity contribution in [3.05, 3.63) is 0 Å². The van der Waals surface area contributed by atoms with Crippen LogP contribution in [0.15, 0.2) is 0 Å². The van der Waals surface area contributed by atoms with E-state index in [2.05, 4.69) is 4.90 Å². The molecule has 2 rings (SSSR count). The number of nitrogens with zero attached hydrogens (tertiary/aromatic N) is 2. The molecule has 0 spiro atoms. The van der Waals surface area contributed by atoms with E-state index in [4.69, 9.17) is 9.84 Å². The van der Waals surface area contributed by atoms with Crippen LogP contribution in [0, 0.1) is 5.92 Å². The Morgan fingerprint density at radius 1 is 1.29 bits per heavy atom. The van der Waals surface area contributed by atoms with Gasteiger partial charge in [-0.15, -0.1) is 0 Å². The SMILES string of the molecule is CN(CC(=O)O)CC1CN(CC2CCCCCC2)CCO1. The van der Waals surface area contributed by atoms with E-state index in [9.17, 15) is 4.79 Å². The maximum absolute atomic E-state index is 10.7. The molecule has 5 nitrogen and oxygen atoms in total. The van der Waals surface area contributed by atoms with Crippen molar-refractivity contribution in [3.63, 3.8) is 0 Å². The van der Waals surface area contributed by atoms with Crippen molar-refractivity contribution >= 4 is 5.97 Å². The molecule has 0 aromatic carbocycles. The molecule has 2 fully saturated rings. The average Bonchev–Trinajstić information content (AvgIpc) is 2.66. The average molecular weight is 298 g/mol. The van der Waals surface area contributed by atoms with E-state index in [1.807, 2.05) is 11.9 Å². The zero-order valence-corrected chi connectivity index (χ0v) is 13.3. The molecule has 0 aromatic rings. The summed E-state index contributed by atoms with van der Waals surface area (Å²) in [7, 11) is 1.85.